The summed E-state index contributed by atoms with van der Waals surface area (Å²) in [5.74, 6) is 1.21. The van der Waals surface area contributed by atoms with Gasteiger partial charge in [-0.3, -0.25) is 0 Å². The van der Waals surface area contributed by atoms with Crippen molar-refractivity contribution in [2.75, 3.05) is 38.7 Å². The summed E-state index contributed by atoms with van der Waals surface area (Å²) in [7, 11) is 0.782. The largest absolute Gasteiger partial charge is 0.471 e. The molecule has 2 unspecified atom stereocenters. The molecule has 2 atom stereocenters. The maximum atomic E-state index is 12.9. The Kier molecular flexibility index (Phi) is 7.71. The molecule has 2 rings (SSSR count). The van der Waals surface area contributed by atoms with Crippen LogP contribution in [0, 0.1) is 0 Å². The number of carbonyl (C=O) groups is 1. The Bertz CT molecular complexity index is 764. The van der Waals surface area contributed by atoms with E-state index >= 15 is 0 Å². The monoisotopic (exact) mass is 411 g/mol. The number of likely N-dealkylation sites (N-methyl/N-ethyl adjacent to an activating group) is 1. The first kappa shape index (κ1) is 22.5. The lowest BCUT2D eigenvalue weighted by Gasteiger charge is -2.31. The number of sulfone groups is 1. The molecule has 1 fully saturated rings. The molecule has 1 heterocycles. The van der Waals surface area contributed by atoms with E-state index in [1.165, 1.54) is 0 Å². The second kappa shape index (κ2) is 9.60. The van der Waals surface area contributed by atoms with Crippen LogP contribution in [0.3, 0.4) is 0 Å². The first-order valence-electron chi connectivity index (χ1n) is 9.77. The molecule has 1 saturated heterocycles. The van der Waals surface area contributed by atoms with Gasteiger partial charge in [-0.2, -0.15) is 0 Å². The zero-order chi connectivity index (χ0) is 20.9. The van der Waals surface area contributed by atoms with Gasteiger partial charge >= 0.3 is 6.03 Å². The molecule has 0 saturated carbocycles. The minimum absolute atomic E-state index is 0.0271. The Morgan fingerprint density at radius 2 is 1.89 bits per heavy atom. The molecule has 2 amide bonds. The normalized spacial score (nSPS) is 19.6. The van der Waals surface area contributed by atoms with Gasteiger partial charge in [0.25, 0.3) is 0 Å². The second-order valence-corrected chi connectivity index (χ2v) is 10.2. The Morgan fingerprint density at radius 1 is 1.21 bits per heavy atom. The minimum Gasteiger partial charge on any atom is -0.471 e. The van der Waals surface area contributed by atoms with Gasteiger partial charge < -0.3 is 19.9 Å². The van der Waals surface area contributed by atoms with Gasteiger partial charge in [0.05, 0.1) is 11.5 Å². The van der Waals surface area contributed by atoms with Crippen LogP contribution in [0.5, 0.6) is 5.75 Å². The van der Waals surface area contributed by atoms with Crippen molar-refractivity contribution in [3.8, 4) is 5.75 Å². The van der Waals surface area contributed by atoms with Crippen LogP contribution in [0.15, 0.2) is 24.3 Å². The Hall–Kier alpha value is -1.80. The van der Waals surface area contributed by atoms with E-state index in [4.69, 9.17) is 4.74 Å². The minimum atomic E-state index is -3.07. The summed E-state index contributed by atoms with van der Waals surface area (Å²) in [6.45, 7) is 7.10. The van der Waals surface area contributed by atoms with Crippen LogP contribution in [0.1, 0.15) is 38.7 Å². The third-order valence-corrected chi connectivity index (χ3v) is 6.62. The van der Waals surface area contributed by atoms with E-state index in [1.807, 2.05) is 43.3 Å². The molecule has 7 nitrogen and oxygen atoms in total. The molecule has 158 valence electrons. The van der Waals surface area contributed by atoms with Crippen molar-refractivity contribution in [3.63, 3.8) is 0 Å². The lowest BCUT2D eigenvalue weighted by Crippen LogP contribution is -2.52. The molecule has 0 spiro atoms. The van der Waals surface area contributed by atoms with Crippen LogP contribution in [0.2, 0.25) is 0 Å². The molecule has 0 aliphatic carbocycles. The summed E-state index contributed by atoms with van der Waals surface area (Å²) < 4.78 is 29.7. The molecule has 1 aliphatic rings. The zero-order valence-corrected chi connectivity index (χ0v) is 18.3. The van der Waals surface area contributed by atoms with E-state index in [0.717, 1.165) is 11.3 Å². The number of urea groups is 1. The first-order valence-corrected chi connectivity index (χ1v) is 11.6. The van der Waals surface area contributed by atoms with E-state index < -0.39 is 16.1 Å². The number of nitrogens with zero attached hydrogens (tertiary/aromatic N) is 2. The van der Waals surface area contributed by atoms with Crippen molar-refractivity contribution in [3.05, 3.63) is 29.8 Å². The predicted molar refractivity (Wildman–Crippen MR) is 111 cm³/mol. The quantitative estimate of drug-likeness (QED) is 0.664. The van der Waals surface area contributed by atoms with Crippen LogP contribution in [-0.4, -0.2) is 75.2 Å². The Morgan fingerprint density at radius 3 is 2.46 bits per heavy atom. The zero-order valence-electron chi connectivity index (χ0n) is 17.5. The molecule has 1 aromatic carbocycles. The van der Waals surface area contributed by atoms with Crippen molar-refractivity contribution >= 4 is 15.9 Å². The van der Waals surface area contributed by atoms with Gasteiger partial charge in [0.2, 0.25) is 0 Å². The van der Waals surface area contributed by atoms with Crippen molar-refractivity contribution in [1.82, 2.24) is 15.1 Å². The molecule has 0 bridgehead atoms. The topological polar surface area (TPSA) is 79.0 Å². The summed E-state index contributed by atoms with van der Waals surface area (Å²) >= 11 is 0. The van der Waals surface area contributed by atoms with Crippen molar-refractivity contribution in [1.29, 1.82) is 0 Å². The van der Waals surface area contributed by atoms with E-state index in [1.54, 1.807) is 11.8 Å². The van der Waals surface area contributed by atoms with Gasteiger partial charge in [0.1, 0.15) is 5.75 Å². The van der Waals surface area contributed by atoms with Crippen LogP contribution >= 0.6 is 0 Å². The third kappa shape index (κ3) is 6.38. The number of rotatable bonds is 8. The van der Waals surface area contributed by atoms with Gasteiger partial charge in [0, 0.05) is 19.1 Å². The molecule has 1 aliphatic heterocycles. The number of carbonyl (C=O) groups excluding carboxylic acids is 1. The highest BCUT2D eigenvalue weighted by atomic mass is 32.2. The third-order valence-electron chi connectivity index (χ3n) is 4.87. The summed E-state index contributed by atoms with van der Waals surface area (Å²) in [4.78, 5) is 16.5. The average Bonchev–Trinajstić information content (AvgIpc) is 2.94. The fourth-order valence-electron chi connectivity index (χ4n) is 3.32. The number of para-hydroxylation sites is 1. The first-order chi connectivity index (χ1) is 13.1. The molecule has 0 aromatic heterocycles. The Labute approximate surface area is 169 Å². The lowest BCUT2D eigenvalue weighted by molar-refractivity contribution is 0.138. The fourth-order valence-corrected chi connectivity index (χ4v) is 5.05. The van der Waals surface area contributed by atoms with Gasteiger partial charge in [-0.05, 0) is 45.0 Å². The lowest BCUT2D eigenvalue weighted by atomic mass is 10.0. The summed E-state index contributed by atoms with van der Waals surface area (Å²) in [6, 6.07) is 7.20. The molecular formula is C20H33N3O4S. The molecule has 8 heteroatoms. The van der Waals surface area contributed by atoms with E-state index in [2.05, 4.69) is 19.2 Å². The van der Waals surface area contributed by atoms with Crippen LogP contribution in [0.4, 0.5) is 4.79 Å². The smallest absolute Gasteiger partial charge is 0.320 e. The van der Waals surface area contributed by atoms with E-state index in [0.29, 0.717) is 25.4 Å². The SMILES string of the molecule is CC(NC(=O)N(CCN(C)C)C1CCS(=O)(=O)C1)Oc1ccccc1C(C)C. The number of amides is 2. The van der Waals surface area contributed by atoms with Crippen LogP contribution in [-0.2, 0) is 9.84 Å². The number of hydrogen-bond acceptors (Lipinski definition) is 5. The second-order valence-electron chi connectivity index (χ2n) is 7.96. The highest BCUT2D eigenvalue weighted by Gasteiger charge is 2.35. The summed E-state index contributed by atoms with van der Waals surface area (Å²) in [5.41, 5.74) is 1.08. The van der Waals surface area contributed by atoms with E-state index in [9.17, 15) is 13.2 Å². The maximum absolute atomic E-state index is 12.9. The molecule has 1 aromatic rings. The average molecular weight is 412 g/mol. The van der Waals surface area contributed by atoms with Gasteiger partial charge in [-0.25, -0.2) is 13.2 Å². The molecule has 28 heavy (non-hydrogen) atoms. The highest BCUT2D eigenvalue weighted by Crippen LogP contribution is 2.26. The maximum Gasteiger partial charge on any atom is 0.320 e. The van der Waals surface area contributed by atoms with Crippen LogP contribution < -0.4 is 10.1 Å². The van der Waals surface area contributed by atoms with Gasteiger partial charge in [0.15, 0.2) is 16.1 Å². The van der Waals surface area contributed by atoms with Crippen molar-refractivity contribution in [2.24, 2.45) is 0 Å². The number of hydrogen-bond donors (Lipinski definition) is 1. The number of benzene rings is 1. The Balaban J connectivity index is 2.05. The molecule has 1 N–H and O–H groups in total. The van der Waals surface area contributed by atoms with Gasteiger partial charge in [-0.15, -0.1) is 0 Å². The van der Waals surface area contributed by atoms with Crippen LogP contribution in [0.25, 0.3) is 0 Å². The molecular weight excluding hydrogens is 378 g/mol. The molecule has 0 radical (unpaired) electrons. The standard InChI is InChI=1S/C20H33N3O4S/c1-15(2)18-8-6-7-9-19(18)27-16(3)21-20(24)23(12-11-22(4)5)17-10-13-28(25,26)14-17/h6-9,15-17H,10-14H2,1-5H3,(H,21,24). The summed E-state index contributed by atoms with van der Waals surface area (Å²) in [5, 5.41) is 2.87. The summed E-state index contributed by atoms with van der Waals surface area (Å²) in [6.07, 6.45) is -0.0542. The van der Waals surface area contributed by atoms with Crippen molar-refractivity contribution in [2.45, 2.75) is 45.4 Å². The number of nitrogens with one attached hydrogen (secondary N) is 1. The van der Waals surface area contributed by atoms with Crippen molar-refractivity contribution < 1.29 is 17.9 Å². The van der Waals surface area contributed by atoms with E-state index in [-0.39, 0.29) is 23.6 Å². The highest BCUT2D eigenvalue weighted by molar-refractivity contribution is 7.91. The fraction of sp³-hybridized carbons (Fsp3) is 0.650. The predicted octanol–water partition coefficient (Wildman–Crippen LogP) is 2.30. The number of ether oxygens (including phenoxy) is 1. The van der Waals surface area contributed by atoms with Gasteiger partial charge in [-0.1, -0.05) is 32.0 Å².